The minimum Gasteiger partial charge on any atom is -0.496 e. The number of fused-ring (bicyclic) bond motifs is 1. The highest BCUT2D eigenvalue weighted by atomic mass is 19.1. The molecule has 2 aromatic heterocycles. The van der Waals surface area contributed by atoms with Crippen molar-refractivity contribution >= 4 is 22.6 Å². The molecule has 2 heterocycles. The van der Waals surface area contributed by atoms with Gasteiger partial charge in [0.25, 0.3) is 5.97 Å². The molecule has 0 bridgehead atoms. The number of aromatic nitrogens is 3. The fraction of sp³-hybridized carbons (Fsp3) is 0.333. The van der Waals surface area contributed by atoms with Crippen molar-refractivity contribution in [3.05, 3.63) is 80.4 Å². The van der Waals surface area contributed by atoms with Crippen molar-refractivity contribution < 1.29 is 22.9 Å². The first-order chi connectivity index (χ1) is 17.7. The van der Waals surface area contributed by atoms with E-state index in [0.29, 0.717) is 41.4 Å². The number of oxime groups is 1. The summed E-state index contributed by atoms with van der Waals surface area (Å²) >= 11 is 0. The molecule has 0 fully saturated rings. The molecule has 9 nitrogen and oxygen atoms in total. The van der Waals surface area contributed by atoms with E-state index in [-0.39, 0.29) is 5.56 Å². The summed E-state index contributed by atoms with van der Waals surface area (Å²) in [5.74, 6) is 0.326. The molecule has 0 saturated carbocycles. The Morgan fingerprint density at radius 3 is 2.54 bits per heavy atom. The molecule has 4 rings (SSSR count). The SMILES string of the molecule is CO/N=C(\F)c1cc(/C(=C\CCCc2nc(C)no2)c2cc(C)c3oc(=O)n(C)c3c2)cc(C)c1OC. The van der Waals surface area contributed by atoms with Crippen molar-refractivity contribution in [1.82, 2.24) is 14.7 Å². The number of hydrogen-bond donors (Lipinski definition) is 0. The molecule has 37 heavy (non-hydrogen) atoms. The van der Waals surface area contributed by atoms with Crippen molar-refractivity contribution in [2.24, 2.45) is 12.2 Å². The lowest BCUT2D eigenvalue weighted by atomic mass is 9.92. The molecular formula is C27H29FN4O5. The quantitative estimate of drug-likeness (QED) is 0.174. The first kappa shape index (κ1) is 25.9. The molecule has 0 spiro atoms. The number of aryl methyl sites for hydroxylation is 5. The maximum absolute atomic E-state index is 14.9. The second-order valence-electron chi connectivity index (χ2n) is 8.75. The number of allylic oxidation sites excluding steroid dienone is 1. The topological polar surface area (TPSA) is 105 Å². The van der Waals surface area contributed by atoms with Crippen LogP contribution in [0.2, 0.25) is 0 Å². The van der Waals surface area contributed by atoms with E-state index in [2.05, 4.69) is 26.2 Å². The van der Waals surface area contributed by atoms with Crippen LogP contribution in [-0.4, -0.2) is 34.9 Å². The zero-order valence-electron chi connectivity index (χ0n) is 21.7. The van der Waals surface area contributed by atoms with E-state index in [4.69, 9.17) is 13.7 Å². The number of ether oxygens (including phenoxy) is 1. The molecule has 0 amide bonds. The average molecular weight is 509 g/mol. The predicted octanol–water partition coefficient (Wildman–Crippen LogP) is 5.18. The summed E-state index contributed by atoms with van der Waals surface area (Å²) in [6.07, 6.45) is 4.16. The third kappa shape index (κ3) is 5.32. The molecule has 194 valence electrons. The summed E-state index contributed by atoms with van der Waals surface area (Å²) in [5, 5.41) is 7.31. The Labute approximate surface area is 213 Å². The summed E-state index contributed by atoms with van der Waals surface area (Å²) < 4.78 is 32.4. The maximum atomic E-state index is 14.9. The molecule has 0 saturated heterocycles. The fourth-order valence-corrected chi connectivity index (χ4v) is 4.37. The van der Waals surface area contributed by atoms with Gasteiger partial charge in [-0.25, -0.2) is 4.79 Å². The second-order valence-corrected chi connectivity index (χ2v) is 8.75. The van der Waals surface area contributed by atoms with Crippen molar-refractivity contribution in [3.8, 4) is 5.75 Å². The Kier molecular flexibility index (Phi) is 7.56. The van der Waals surface area contributed by atoms with Crippen LogP contribution in [0.5, 0.6) is 5.75 Å². The number of methoxy groups -OCH3 is 1. The Morgan fingerprint density at radius 1 is 1.14 bits per heavy atom. The molecular weight excluding hydrogens is 479 g/mol. The van der Waals surface area contributed by atoms with Gasteiger partial charge in [-0.15, -0.1) is 0 Å². The number of hydrogen-bond acceptors (Lipinski definition) is 8. The van der Waals surface area contributed by atoms with Gasteiger partial charge in [-0.05, 0) is 85.7 Å². The van der Waals surface area contributed by atoms with E-state index in [1.54, 1.807) is 20.0 Å². The van der Waals surface area contributed by atoms with Gasteiger partial charge in [0.15, 0.2) is 11.4 Å². The van der Waals surface area contributed by atoms with E-state index >= 15 is 0 Å². The summed E-state index contributed by atoms with van der Waals surface area (Å²) in [6, 6.07) is 7.48. The molecule has 4 aromatic rings. The van der Waals surface area contributed by atoms with Gasteiger partial charge < -0.3 is 18.5 Å². The van der Waals surface area contributed by atoms with Crippen LogP contribution in [0.1, 0.15) is 52.4 Å². The summed E-state index contributed by atoms with van der Waals surface area (Å²) in [7, 11) is 4.43. The van der Waals surface area contributed by atoms with Gasteiger partial charge in [0.05, 0.1) is 18.2 Å². The zero-order valence-corrected chi connectivity index (χ0v) is 21.7. The molecule has 10 heteroatoms. The lowest BCUT2D eigenvalue weighted by Gasteiger charge is -2.16. The van der Waals surface area contributed by atoms with Gasteiger partial charge in [-0.1, -0.05) is 16.4 Å². The Hall–Kier alpha value is -4.21. The Balaban J connectivity index is 1.83. The summed E-state index contributed by atoms with van der Waals surface area (Å²) in [4.78, 5) is 21.1. The standard InChI is InChI=1S/C27H29FN4O5/c1-15-11-18(13-21(24(15)34-5)26(28)31-35-6)20(9-7-8-10-23-29-17(3)30-37-23)19-12-16(2)25-22(14-19)32(4)27(33)36-25/h9,11-14H,7-8,10H2,1-6H3/b20-9+,31-26-. The number of benzene rings is 2. The monoisotopic (exact) mass is 508 g/mol. The van der Waals surface area contributed by atoms with Crippen LogP contribution in [0.25, 0.3) is 16.7 Å². The van der Waals surface area contributed by atoms with Gasteiger partial charge >= 0.3 is 5.76 Å². The van der Waals surface area contributed by atoms with Crippen molar-refractivity contribution in [2.75, 3.05) is 14.2 Å². The van der Waals surface area contributed by atoms with Crippen LogP contribution in [0.3, 0.4) is 0 Å². The Bertz CT molecular complexity index is 1560. The van der Waals surface area contributed by atoms with Crippen LogP contribution in [-0.2, 0) is 18.3 Å². The first-order valence-electron chi connectivity index (χ1n) is 11.8. The van der Waals surface area contributed by atoms with E-state index in [1.165, 1.54) is 18.8 Å². The van der Waals surface area contributed by atoms with Crippen molar-refractivity contribution in [2.45, 2.75) is 40.0 Å². The number of nitrogens with zero attached hydrogens (tertiary/aromatic N) is 4. The van der Waals surface area contributed by atoms with Crippen LogP contribution in [0.4, 0.5) is 4.39 Å². The lowest BCUT2D eigenvalue weighted by molar-refractivity contribution is 0.209. The van der Waals surface area contributed by atoms with E-state index in [1.807, 2.05) is 32.0 Å². The highest BCUT2D eigenvalue weighted by molar-refractivity contribution is 5.98. The predicted molar refractivity (Wildman–Crippen MR) is 138 cm³/mol. The lowest BCUT2D eigenvalue weighted by Crippen LogP contribution is -2.08. The average Bonchev–Trinajstić information content (AvgIpc) is 3.41. The third-order valence-corrected chi connectivity index (χ3v) is 6.09. The highest BCUT2D eigenvalue weighted by Crippen LogP contribution is 2.34. The first-order valence-corrected chi connectivity index (χ1v) is 11.8. The minimum atomic E-state index is -0.792. The Morgan fingerprint density at radius 2 is 1.86 bits per heavy atom. The summed E-state index contributed by atoms with van der Waals surface area (Å²) in [5.41, 5.74) is 5.41. The smallest absolute Gasteiger partial charge is 0.419 e. The number of oxazole rings is 1. The molecule has 0 unspecified atom stereocenters. The van der Waals surface area contributed by atoms with Gasteiger partial charge in [0.1, 0.15) is 12.9 Å². The highest BCUT2D eigenvalue weighted by Gasteiger charge is 2.19. The number of unbranched alkanes of at least 4 members (excludes halogenated alkanes) is 1. The van der Waals surface area contributed by atoms with Crippen LogP contribution in [0, 0.1) is 20.8 Å². The van der Waals surface area contributed by atoms with Crippen molar-refractivity contribution in [3.63, 3.8) is 0 Å². The molecule has 0 radical (unpaired) electrons. The normalized spacial score (nSPS) is 12.4. The van der Waals surface area contributed by atoms with E-state index in [9.17, 15) is 9.18 Å². The molecule has 0 N–H and O–H groups in total. The molecule has 0 atom stereocenters. The minimum absolute atomic E-state index is 0.181. The number of rotatable bonds is 9. The molecule has 0 aliphatic rings. The maximum Gasteiger partial charge on any atom is 0.419 e. The van der Waals surface area contributed by atoms with Crippen LogP contribution >= 0.6 is 0 Å². The second kappa shape index (κ2) is 10.8. The van der Waals surface area contributed by atoms with Crippen LogP contribution in [0.15, 0.2) is 49.2 Å². The van der Waals surface area contributed by atoms with Crippen molar-refractivity contribution in [1.29, 1.82) is 0 Å². The molecule has 2 aromatic carbocycles. The fourth-order valence-electron chi connectivity index (χ4n) is 4.37. The van der Waals surface area contributed by atoms with Crippen LogP contribution < -0.4 is 10.5 Å². The number of halogens is 1. The molecule has 0 aliphatic heterocycles. The molecule has 0 aliphatic carbocycles. The van der Waals surface area contributed by atoms with Gasteiger partial charge in [0.2, 0.25) is 5.89 Å². The zero-order chi connectivity index (χ0) is 26.7. The van der Waals surface area contributed by atoms with E-state index < -0.39 is 11.7 Å². The largest absolute Gasteiger partial charge is 0.496 e. The third-order valence-electron chi connectivity index (χ3n) is 6.09. The van der Waals surface area contributed by atoms with Gasteiger partial charge in [-0.2, -0.15) is 9.37 Å². The summed E-state index contributed by atoms with van der Waals surface area (Å²) in [6.45, 7) is 5.51. The van der Waals surface area contributed by atoms with Gasteiger partial charge in [0, 0.05) is 13.5 Å². The van der Waals surface area contributed by atoms with E-state index in [0.717, 1.165) is 34.2 Å². The van der Waals surface area contributed by atoms with Gasteiger partial charge in [-0.3, -0.25) is 4.57 Å².